The first kappa shape index (κ1) is 12.2. The van der Waals surface area contributed by atoms with E-state index in [1.807, 2.05) is 12.5 Å². The van der Waals surface area contributed by atoms with Crippen LogP contribution in [0.3, 0.4) is 0 Å². The first-order chi connectivity index (χ1) is 7.38. The lowest BCUT2D eigenvalue weighted by Gasteiger charge is -2.07. The van der Waals surface area contributed by atoms with Crippen LogP contribution in [0, 0.1) is 0 Å². The van der Waals surface area contributed by atoms with Crippen molar-refractivity contribution in [3.8, 4) is 0 Å². The molecule has 0 aromatic carbocycles. The maximum atomic E-state index is 5.54. The fourth-order valence-electron chi connectivity index (χ4n) is 1.41. The smallest absolute Gasteiger partial charge is 0.0948 e. The Morgan fingerprint density at radius 3 is 3.07 bits per heavy atom. The van der Waals surface area contributed by atoms with Gasteiger partial charge in [0, 0.05) is 13.1 Å². The minimum absolute atomic E-state index is 0.658. The van der Waals surface area contributed by atoms with Gasteiger partial charge in [0.1, 0.15) is 0 Å². The number of ether oxygens (including phenoxy) is 1. The molecule has 0 amide bonds. The first-order valence-corrected chi connectivity index (χ1v) is 5.66. The van der Waals surface area contributed by atoms with E-state index in [9.17, 15) is 0 Å². The highest BCUT2D eigenvalue weighted by Crippen LogP contribution is 2.02. The van der Waals surface area contributed by atoms with Gasteiger partial charge in [-0.3, -0.25) is 0 Å². The van der Waals surface area contributed by atoms with Crippen molar-refractivity contribution in [3.05, 3.63) is 18.2 Å². The predicted octanol–water partition coefficient (Wildman–Crippen LogP) is 1.42. The fraction of sp³-hybridized carbons (Fsp3) is 0.727. The number of hydrogen-bond donors (Lipinski definition) is 1. The normalized spacial score (nSPS) is 10.8. The molecule has 1 heterocycles. The van der Waals surface area contributed by atoms with Gasteiger partial charge in [-0.05, 0) is 13.0 Å². The summed E-state index contributed by atoms with van der Waals surface area (Å²) >= 11 is 0. The molecule has 0 aliphatic carbocycles. The second-order valence-corrected chi connectivity index (χ2v) is 3.48. The Balaban J connectivity index is 2.21. The molecule has 0 spiro atoms. The van der Waals surface area contributed by atoms with Gasteiger partial charge in [-0.2, -0.15) is 0 Å². The van der Waals surface area contributed by atoms with Crippen LogP contribution in [0.1, 0.15) is 26.0 Å². The van der Waals surface area contributed by atoms with Crippen LogP contribution in [0.5, 0.6) is 0 Å². The highest BCUT2D eigenvalue weighted by molar-refractivity contribution is 4.96. The molecule has 0 atom stereocenters. The van der Waals surface area contributed by atoms with Gasteiger partial charge in [-0.15, -0.1) is 0 Å². The molecule has 4 heteroatoms. The van der Waals surface area contributed by atoms with E-state index in [4.69, 9.17) is 4.74 Å². The van der Waals surface area contributed by atoms with E-state index in [-0.39, 0.29) is 0 Å². The third-order valence-corrected chi connectivity index (χ3v) is 2.19. The topological polar surface area (TPSA) is 39.1 Å². The summed E-state index contributed by atoms with van der Waals surface area (Å²) in [5, 5.41) is 3.22. The summed E-state index contributed by atoms with van der Waals surface area (Å²) in [6.45, 7) is 8.60. The van der Waals surface area contributed by atoms with Gasteiger partial charge in [0.25, 0.3) is 0 Å². The number of rotatable bonds is 8. The van der Waals surface area contributed by atoms with E-state index in [0.717, 1.165) is 38.4 Å². The molecule has 1 aromatic rings. The number of aromatic nitrogens is 2. The highest BCUT2D eigenvalue weighted by Gasteiger charge is 2.00. The van der Waals surface area contributed by atoms with Crippen LogP contribution in [-0.4, -0.2) is 29.2 Å². The average Bonchev–Trinajstić information content (AvgIpc) is 2.66. The lowest BCUT2D eigenvalue weighted by Crippen LogP contribution is -2.19. The molecule has 0 radical (unpaired) electrons. The quantitative estimate of drug-likeness (QED) is 0.661. The Kier molecular flexibility index (Phi) is 6.04. The summed E-state index contributed by atoms with van der Waals surface area (Å²) < 4.78 is 7.69. The predicted molar refractivity (Wildman–Crippen MR) is 60.7 cm³/mol. The lowest BCUT2D eigenvalue weighted by molar-refractivity contribution is 0.118. The van der Waals surface area contributed by atoms with Gasteiger partial charge in [-0.25, -0.2) is 4.98 Å². The summed E-state index contributed by atoms with van der Waals surface area (Å²) in [5.41, 5.74) is 1.16. The molecule has 86 valence electrons. The molecule has 0 saturated carbocycles. The van der Waals surface area contributed by atoms with E-state index in [2.05, 4.69) is 28.7 Å². The third-order valence-electron chi connectivity index (χ3n) is 2.19. The molecular weight excluding hydrogens is 190 g/mol. The SMILES string of the molecule is CCCn1cncc1COCCNCC. The monoisotopic (exact) mass is 211 g/mol. The van der Waals surface area contributed by atoms with Gasteiger partial charge in [0.15, 0.2) is 0 Å². The molecule has 0 fully saturated rings. The zero-order chi connectivity index (χ0) is 10.9. The van der Waals surface area contributed by atoms with Crippen molar-refractivity contribution in [2.45, 2.75) is 33.4 Å². The largest absolute Gasteiger partial charge is 0.374 e. The lowest BCUT2D eigenvalue weighted by atomic mass is 10.4. The van der Waals surface area contributed by atoms with Crippen LogP contribution in [0.25, 0.3) is 0 Å². The Hall–Kier alpha value is -0.870. The van der Waals surface area contributed by atoms with Gasteiger partial charge in [-0.1, -0.05) is 13.8 Å². The summed E-state index contributed by atoms with van der Waals surface area (Å²) in [6, 6.07) is 0. The van der Waals surface area contributed by atoms with Crippen molar-refractivity contribution < 1.29 is 4.74 Å². The second-order valence-electron chi connectivity index (χ2n) is 3.48. The molecule has 1 aromatic heterocycles. The number of nitrogens with one attached hydrogen (secondary N) is 1. The Labute approximate surface area is 91.7 Å². The van der Waals surface area contributed by atoms with Crippen LogP contribution in [0.2, 0.25) is 0 Å². The Bertz CT molecular complexity index is 260. The molecule has 0 bridgehead atoms. The summed E-state index contributed by atoms with van der Waals surface area (Å²) in [6.07, 6.45) is 4.87. The Morgan fingerprint density at radius 1 is 1.47 bits per heavy atom. The average molecular weight is 211 g/mol. The maximum Gasteiger partial charge on any atom is 0.0948 e. The second kappa shape index (κ2) is 7.43. The van der Waals surface area contributed by atoms with E-state index in [1.54, 1.807) is 0 Å². The molecule has 15 heavy (non-hydrogen) atoms. The van der Waals surface area contributed by atoms with Crippen molar-refractivity contribution >= 4 is 0 Å². The number of hydrogen-bond acceptors (Lipinski definition) is 3. The highest BCUT2D eigenvalue weighted by atomic mass is 16.5. The van der Waals surface area contributed by atoms with Crippen LogP contribution in [0.4, 0.5) is 0 Å². The summed E-state index contributed by atoms with van der Waals surface area (Å²) in [5.74, 6) is 0. The van der Waals surface area contributed by atoms with Gasteiger partial charge >= 0.3 is 0 Å². The van der Waals surface area contributed by atoms with Crippen molar-refractivity contribution in [2.24, 2.45) is 0 Å². The molecule has 0 aliphatic heterocycles. The van der Waals surface area contributed by atoms with Crippen LogP contribution >= 0.6 is 0 Å². The van der Waals surface area contributed by atoms with E-state index < -0.39 is 0 Å². The molecule has 1 N–H and O–H groups in total. The molecular formula is C11H21N3O. The van der Waals surface area contributed by atoms with Crippen molar-refractivity contribution in [1.82, 2.24) is 14.9 Å². The molecule has 1 rings (SSSR count). The standard InChI is InChI=1S/C11H21N3O/c1-3-6-14-10-13-8-11(14)9-15-7-5-12-4-2/h8,10,12H,3-7,9H2,1-2H3. The summed E-state index contributed by atoms with van der Waals surface area (Å²) in [7, 11) is 0. The maximum absolute atomic E-state index is 5.54. The fourth-order valence-corrected chi connectivity index (χ4v) is 1.41. The number of imidazole rings is 1. The molecule has 4 nitrogen and oxygen atoms in total. The molecule has 0 unspecified atom stereocenters. The zero-order valence-corrected chi connectivity index (χ0v) is 9.70. The minimum atomic E-state index is 0.658. The minimum Gasteiger partial charge on any atom is -0.374 e. The van der Waals surface area contributed by atoms with Crippen molar-refractivity contribution in [2.75, 3.05) is 19.7 Å². The Morgan fingerprint density at radius 2 is 2.33 bits per heavy atom. The zero-order valence-electron chi connectivity index (χ0n) is 9.70. The van der Waals surface area contributed by atoms with Gasteiger partial charge in [0.05, 0.1) is 31.4 Å². The van der Waals surface area contributed by atoms with Crippen molar-refractivity contribution in [1.29, 1.82) is 0 Å². The van der Waals surface area contributed by atoms with Gasteiger partial charge in [0.2, 0.25) is 0 Å². The molecule has 0 saturated heterocycles. The first-order valence-electron chi connectivity index (χ1n) is 5.66. The van der Waals surface area contributed by atoms with Gasteiger partial charge < -0.3 is 14.6 Å². The summed E-state index contributed by atoms with van der Waals surface area (Å²) in [4.78, 5) is 4.12. The van der Waals surface area contributed by atoms with Crippen LogP contribution in [-0.2, 0) is 17.9 Å². The number of likely N-dealkylation sites (N-methyl/N-ethyl adjacent to an activating group) is 1. The van der Waals surface area contributed by atoms with Crippen LogP contribution < -0.4 is 5.32 Å². The van der Waals surface area contributed by atoms with E-state index >= 15 is 0 Å². The number of nitrogens with zero attached hydrogens (tertiary/aromatic N) is 2. The van der Waals surface area contributed by atoms with Crippen LogP contribution in [0.15, 0.2) is 12.5 Å². The van der Waals surface area contributed by atoms with E-state index in [1.165, 1.54) is 0 Å². The third kappa shape index (κ3) is 4.44. The molecule has 0 aliphatic rings. The number of aryl methyl sites for hydroxylation is 1. The van der Waals surface area contributed by atoms with E-state index in [0.29, 0.717) is 6.61 Å². The van der Waals surface area contributed by atoms with Crippen molar-refractivity contribution in [3.63, 3.8) is 0 Å².